The number of hydrogen-bond donors (Lipinski definition) is 3. The number of aromatic amines is 1. The second-order valence-corrected chi connectivity index (χ2v) is 6.86. The Morgan fingerprint density at radius 2 is 1.85 bits per heavy atom. The molecule has 4 nitrogen and oxygen atoms in total. The number of fused-ring (bicyclic) bond motifs is 2. The number of anilines is 2. The number of benzene rings is 2. The molecular formula is C22H20N4. The van der Waals surface area contributed by atoms with Crippen molar-refractivity contribution in [3.05, 3.63) is 83.6 Å². The van der Waals surface area contributed by atoms with Crippen LogP contribution in [-0.2, 0) is 0 Å². The highest BCUT2D eigenvalue weighted by Crippen LogP contribution is 2.37. The predicted molar refractivity (Wildman–Crippen MR) is 108 cm³/mol. The van der Waals surface area contributed by atoms with E-state index < -0.39 is 0 Å². The fourth-order valence-corrected chi connectivity index (χ4v) is 3.72. The second kappa shape index (κ2) is 5.92. The fourth-order valence-electron chi connectivity index (χ4n) is 3.72. The average Bonchev–Trinajstić information content (AvgIpc) is 3.23. The number of nitrogens with one attached hydrogen (secondary N) is 3. The lowest BCUT2D eigenvalue weighted by Gasteiger charge is -2.17. The molecule has 26 heavy (non-hydrogen) atoms. The fraction of sp³-hybridized carbons (Fsp3) is 0.136. The Bertz CT molecular complexity index is 1030. The van der Waals surface area contributed by atoms with Gasteiger partial charge in [0, 0.05) is 5.39 Å². The molecule has 1 aliphatic heterocycles. The maximum Gasteiger partial charge on any atom is 0.123 e. The maximum absolute atomic E-state index is 4.11. The largest absolute Gasteiger partial charge is 0.360 e. The van der Waals surface area contributed by atoms with E-state index >= 15 is 0 Å². The molecular weight excluding hydrogens is 320 g/mol. The van der Waals surface area contributed by atoms with Gasteiger partial charge >= 0.3 is 0 Å². The predicted octanol–water partition coefficient (Wildman–Crippen LogP) is 5.09. The average molecular weight is 340 g/mol. The molecule has 128 valence electrons. The van der Waals surface area contributed by atoms with Gasteiger partial charge in [0.05, 0.1) is 23.1 Å². The molecule has 1 unspecified atom stereocenters. The highest BCUT2D eigenvalue weighted by molar-refractivity contribution is 5.92. The molecule has 2 aromatic carbocycles. The van der Waals surface area contributed by atoms with Gasteiger partial charge in [0.15, 0.2) is 0 Å². The van der Waals surface area contributed by atoms with E-state index in [0.717, 1.165) is 28.7 Å². The van der Waals surface area contributed by atoms with E-state index in [0.29, 0.717) is 0 Å². The topological polar surface area (TPSA) is 52.7 Å². The molecule has 2 heterocycles. The molecule has 2 aliphatic rings. The highest BCUT2D eigenvalue weighted by Gasteiger charge is 2.24. The Kier molecular flexibility index (Phi) is 3.42. The monoisotopic (exact) mass is 340 g/mol. The first-order valence-corrected chi connectivity index (χ1v) is 8.91. The zero-order valence-electron chi connectivity index (χ0n) is 14.6. The van der Waals surface area contributed by atoms with Crippen LogP contribution in [0.5, 0.6) is 0 Å². The molecule has 0 amide bonds. The normalized spacial score (nSPS) is 19.0. The minimum absolute atomic E-state index is 0.0610. The maximum atomic E-state index is 4.11. The van der Waals surface area contributed by atoms with Crippen LogP contribution in [-0.4, -0.2) is 16.4 Å². The van der Waals surface area contributed by atoms with Crippen molar-refractivity contribution in [3.8, 4) is 0 Å². The molecule has 1 atom stereocenters. The van der Waals surface area contributed by atoms with Crippen molar-refractivity contribution in [1.82, 2.24) is 10.2 Å². The van der Waals surface area contributed by atoms with E-state index in [1.165, 1.54) is 22.3 Å². The van der Waals surface area contributed by atoms with E-state index in [-0.39, 0.29) is 6.17 Å². The van der Waals surface area contributed by atoms with E-state index in [9.17, 15) is 0 Å². The number of rotatable bonds is 2. The molecule has 4 heteroatoms. The third kappa shape index (κ3) is 2.51. The Hall–Kier alpha value is -3.27. The number of aromatic nitrogens is 2. The number of hydrogen-bond acceptors (Lipinski definition) is 3. The second-order valence-electron chi connectivity index (χ2n) is 6.86. The van der Waals surface area contributed by atoms with Gasteiger partial charge in [-0.15, -0.1) is 0 Å². The van der Waals surface area contributed by atoms with Gasteiger partial charge in [-0.05, 0) is 47.8 Å². The van der Waals surface area contributed by atoms with Crippen LogP contribution in [0.2, 0.25) is 0 Å². The van der Waals surface area contributed by atoms with Crippen LogP contribution < -0.4 is 10.6 Å². The lowest BCUT2D eigenvalue weighted by molar-refractivity contribution is 0.996. The lowest BCUT2D eigenvalue weighted by Crippen LogP contribution is -2.24. The molecule has 0 fully saturated rings. The van der Waals surface area contributed by atoms with Crippen molar-refractivity contribution >= 4 is 27.9 Å². The first kappa shape index (κ1) is 15.0. The van der Waals surface area contributed by atoms with Crippen LogP contribution in [0.15, 0.2) is 78.0 Å². The first-order chi connectivity index (χ1) is 12.8. The van der Waals surface area contributed by atoms with Crippen LogP contribution in [0, 0.1) is 0 Å². The summed E-state index contributed by atoms with van der Waals surface area (Å²) in [7, 11) is 0. The highest BCUT2D eigenvalue weighted by atomic mass is 15.2. The van der Waals surface area contributed by atoms with Crippen LogP contribution in [0.3, 0.4) is 0 Å². The molecule has 0 saturated carbocycles. The van der Waals surface area contributed by atoms with Crippen LogP contribution >= 0.6 is 0 Å². The van der Waals surface area contributed by atoms with Gasteiger partial charge in [-0.25, -0.2) is 0 Å². The Balaban J connectivity index is 1.52. The molecule has 3 aromatic rings. The third-order valence-corrected chi connectivity index (χ3v) is 5.12. The number of H-pyrrole nitrogens is 1. The molecule has 3 N–H and O–H groups in total. The molecule has 0 spiro atoms. The van der Waals surface area contributed by atoms with Crippen molar-refractivity contribution < 1.29 is 0 Å². The summed E-state index contributed by atoms with van der Waals surface area (Å²) in [5.74, 6) is 0. The van der Waals surface area contributed by atoms with Gasteiger partial charge in [-0.3, -0.25) is 5.10 Å². The zero-order valence-corrected chi connectivity index (χ0v) is 14.6. The summed E-state index contributed by atoms with van der Waals surface area (Å²) < 4.78 is 0. The molecule has 5 rings (SSSR count). The quantitative estimate of drug-likeness (QED) is 0.609. The minimum Gasteiger partial charge on any atom is -0.360 e. The van der Waals surface area contributed by atoms with Gasteiger partial charge in [-0.2, -0.15) is 5.10 Å². The van der Waals surface area contributed by atoms with Crippen molar-refractivity contribution in [2.75, 3.05) is 10.6 Å². The summed E-state index contributed by atoms with van der Waals surface area (Å²) >= 11 is 0. The number of allylic oxidation sites excluding steroid dienone is 4. The van der Waals surface area contributed by atoms with Crippen molar-refractivity contribution in [3.63, 3.8) is 0 Å². The van der Waals surface area contributed by atoms with Crippen molar-refractivity contribution in [1.29, 1.82) is 0 Å². The summed E-state index contributed by atoms with van der Waals surface area (Å²) in [5.41, 5.74) is 8.44. The van der Waals surface area contributed by atoms with Gasteiger partial charge in [0.1, 0.15) is 6.17 Å². The van der Waals surface area contributed by atoms with Gasteiger partial charge < -0.3 is 10.6 Å². The van der Waals surface area contributed by atoms with Crippen LogP contribution in [0.4, 0.5) is 11.4 Å². The number of nitrogens with zero attached hydrogens (tertiary/aromatic N) is 1. The Labute approximate surface area is 152 Å². The summed E-state index contributed by atoms with van der Waals surface area (Å²) in [4.78, 5) is 0. The SMILES string of the molecule is CC1=C(C2Nc3cc4cn[nH]c4cc3N2)C=C(c2ccccc2)CC=C1. The molecule has 0 saturated heterocycles. The third-order valence-electron chi connectivity index (χ3n) is 5.12. The Morgan fingerprint density at radius 1 is 1.04 bits per heavy atom. The van der Waals surface area contributed by atoms with E-state index in [1.54, 1.807) is 0 Å². The molecule has 1 aliphatic carbocycles. The summed E-state index contributed by atoms with van der Waals surface area (Å²) in [5, 5.41) is 15.5. The molecule has 0 bridgehead atoms. The standard InChI is InChI=1S/C22H20N4/c1-14-6-5-9-16(15-7-3-2-4-8-15)10-18(14)22-24-20-11-17-13-23-26-19(17)12-21(20)25-22/h2-8,10-13,22,24-25H,9H2,1H3,(H,23,26). The lowest BCUT2D eigenvalue weighted by atomic mass is 9.99. The smallest absolute Gasteiger partial charge is 0.123 e. The molecule has 1 aromatic heterocycles. The van der Waals surface area contributed by atoms with E-state index in [1.807, 2.05) is 6.20 Å². The summed E-state index contributed by atoms with van der Waals surface area (Å²) in [6.07, 6.45) is 9.66. The Morgan fingerprint density at radius 3 is 2.69 bits per heavy atom. The van der Waals surface area contributed by atoms with E-state index in [4.69, 9.17) is 0 Å². The van der Waals surface area contributed by atoms with E-state index in [2.05, 4.69) is 88.4 Å². The zero-order chi connectivity index (χ0) is 17.5. The minimum atomic E-state index is 0.0610. The first-order valence-electron chi connectivity index (χ1n) is 8.91. The van der Waals surface area contributed by atoms with Crippen molar-refractivity contribution in [2.24, 2.45) is 0 Å². The van der Waals surface area contributed by atoms with Crippen LogP contribution in [0.25, 0.3) is 16.5 Å². The summed E-state index contributed by atoms with van der Waals surface area (Å²) in [6, 6.07) is 14.9. The van der Waals surface area contributed by atoms with Gasteiger partial charge in [0.2, 0.25) is 0 Å². The molecule has 0 radical (unpaired) electrons. The van der Waals surface area contributed by atoms with Crippen molar-refractivity contribution in [2.45, 2.75) is 19.5 Å². The van der Waals surface area contributed by atoms with Crippen LogP contribution in [0.1, 0.15) is 18.9 Å². The van der Waals surface area contributed by atoms with Gasteiger partial charge in [-0.1, -0.05) is 48.6 Å². The summed E-state index contributed by atoms with van der Waals surface area (Å²) in [6.45, 7) is 2.18. The van der Waals surface area contributed by atoms with Gasteiger partial charge in [0.25, 0.3) is 0 Å².